The largest absolute Gasteiger partial charge is 0.259 e. The molecule has 0 aromatic carbocycles. The first kappa shape index (κ1) is 14.2. The van der Waals surface area contributed by atoms with Crippen LogP contribution >= 0.6 is 0 Å². The third kappa shape index (κ3) is 3.58. The molecular weight excluding hydrogens is 216 g/mol. The van der Waals surface area contributed by atoms with Crippen molar-refractivity contribution in [2.24, 2.45) is 16.7 Å². The molecule has 1 saturated heterocycles. The fourth-order valence-electron chi connectivity index (χ4n) is 2.59. The van der Waals surface area contributed by atoms with E-state index in [1.165, 1.54) is 12.8 Å². The molecule has 3 unspecified atom stereocenters. The molecule has 1 fully saturated rings. The SMILES string of the molecule is CC(C)(C)C1CCCC(C(C)(C)C)S(=O)C1. The van der Waals surface area contributed by atoms with Gasteiger partial charge < -0.3 is 0 Å². The van der Waals surface area contributed by atoms with Gasteiger partial charge in [-0.3, -0.25) is 4.21 Å². The van der Waals surface area contributed by atoms with Crippen molar-refractivity contribution < 1.29 is 4.21 Å². The molecule has 3 atom stereocenters. The van der Waals surface area contributed by atoms with Crippen molar-refractivity contribution in [3.05, 3.63) is 0 Å². The van der Waals surface area contributed by atoms with Crippen LogP contribution in [0.25, 0.3) is 0 Å². The first-order valence-electron chi connectivity index (χ1n) is 6.49. The van der Waals surface area contributed by atoms with Crippen molar-refractivity contribution in [1.82, 2.24) is 0 Å². The third-order valence-electron chi connectivity index (χ3n) is 3.89. The molecule has 1 aliphatic rings. The van der Waals surface area contributed by atoms with Crippen LogP contribution < -0.4 is 0 Å². The zero-order valence-corrected chi connectivity index (χ0v) is 12.6. The summed E-state index contributed by atoms with van der Waals surface area (Å²) in [5.41, 5.74) is 0.500. The monoisotopic (exact) mass is 244 g/mol. The molecule has 1 heterocycles. The maximum Gasteiger partial charge on any atom is 0.0396 e. The second kappa shape index (κ2) is 4.80. The lowest BCUT2D eigenvalue weighted by Crippen LogP contribution is -2.33. The Balaban J connectivity index is 2.78. The van der Waals surface area contributed by atoms with Crippen molar-refractivity contribution in [2.45, 2.75) is 66.1 Å². The minimum Gasteiger partial charge on any atom is -0.259 e. The van der Waals surface area contributed by atoms with Gasteiger partial charge in [0.1, 0.15) is 0 Å². The van der Waals surface area contributed by atoms with Crippen LogP contribution in [0, 0.1) is 16.7 Å². The van der Waals surface area contributed by atoms with E-state index < -0.39 is 10.8 Å². The van der Waals surface area contributed by atoms with Crippen LogP contribution in [0.3, 0.4) is 0 Å². The van der Waals surface area contributed by atoms with Crippen LogP contribution in [0.5, 0.6) is 0 Å². The lowest BCUT2D eigenvalue weighted by atomic mass is 9.78. The molecule has 0 aromatic rings. The molecular formula is C14H28OS. The van der Waals surface area contributed by atoms with Gasteiger partial charge in [-0.1, -0.05) is 48.0 Å². The van der Waals surface area contributed by atoms with Crippen molar-refractivity contribution in [2.75, 3.05) is 5.75 Å². The van der Waals surface area contributed by atoms with E-state index in [2.05, 4.69) is 41.5 Å². The summed E-state index contributed by atoms with van der Waals surface area (Å²) in [6.07, 6.45) is 3.64. The van der Waals surface area contributed by atoms with Gasteiger partial charge in [0.2, 0.25) is 0 Å². The average Bonchev–Trinajstić information content (AvgIpc) is 2.23. The fraction of sp³-hybridized carbons (Fsp3) is 1.00. The van der Waals surface area contributed by atoms with E-state index >= 15 is 0 Å². The number of hydrogen-bond acceptors (Lipinski definition) is 1. The van der Waals surface area contributed by atoms with Gasteiger partial charge in [0.15, 0.2) is 0 Å². The molecule has 1 rings (SSSR count). The van der Waals surface area contributed by atoms with Gasteiger partial charge in [0.25, 0.3) is 0 Å². The topological polar surface area (TPSA) is 17.1 Å². The summed E-state index contributed by atoms with van der Waals surface area (Å²) in [4.78, 5) is 0. The zero-order chi connectivity index (χ0) is 12.6. The zero-order valence-electron chi connectivity index (χ0n) is 11.8. The molecule has 0 radical (unpaired) electrons. The Kier molecular flexibility index (Phi) is 4.26. The molecule has 1 nitrogen and oxygen atoms in total. The first-order valence-corrected chi connectivity index (χ1v) is 7.88. The Labute approximate surface area is 104 Å². The van der Waals surface area contributed by atoms with Crippen molar-refractivity contribution >= 4 is 10.8 Å². The predicted molar refractivity (Wildman–Crippen MR) is 73.0 cm³/mol. The van der Waals surface area contributed by atoms with Gasteiger partial charge in [-0.25, -0.2) is 0 Å². The Morgan fingerprint density at radius 1 is 0.938 bits per heavy atom. The van der Waals surface area contributed by atoms with Gasteiger partial charge in [-0.05, 0) is 29.6 Å². The summed E-state index contributed by atoms with van der Waals surface area (Å²) in [5.74, 6) is 1.53. The van der Waals surface area contributed by atoms with Crippen LogP contribution in [0.1, 0.15) is 60.8 Å². The maximum absolute atomic E-state index is 12.4. The van der Waals surface area contributed by atoms with Crippen molar-refractivity contribution in [1.29, 1.82) is 0 Å². The summed E-state index contributed by atoms with van der Waals surface area (Å²) in [6.45, 7) is 13.5. The lowest BCUT2D eigenvalue weighted by molar-refractivity contribution is 0.247. The minimum absolute atomic E-state index is 0.192. The van der Waals surface area contributed by atoms with Crippen LogP contribution in [0.2, 0.25) is 0 Å². The number of rotatable bonds is 0. The molecule has 16 heavy (non-hydrogen) atoms. The molecule has 0 aromatic heterocycles. The van der Waals surface area contributed by atoms with E-state index in [9.17, 15) is 4.21 Å². The van der Waals surface area contributed by atoms with Crippen LogP contribution in [-0.2, 0) is 10.8 Å². The third-order valence-corrected chi connectivity index (χ3v) is 6.20. The summed E-state index contributed by atoms with van der Waals surface area (Å²) in [5, 5.41) is 0.389. The van der Waals surface area contributed by atoms with Crippen molar-refractivity contribution in [3.63, 3.8) is 0 Å². The van der Waals surface area contributed by atoms with Gasteiger partial charge in [-0.15, -0.1) is 0 Å². The highest BCUT2D eigenvalue weighted by atomic mass is 32.2. The molecule has 0 aliphatic carbocycles. The Morgan fingerprint density at radius 2 is 1.50 bits per heavy atom. The quantitative estimate of drug-likeness (QED) is 0.629. The van der Waals surface area contributed by atoms with Crippen LogP contribution in [0.4, 0.5) is 0 Å². The van der Waals surface area contributed by atoms with Crippen molar-refractivity contribution in [3.8, 4) is 0 Å². The molecule has 96 valence electrons. The Hall–Kier alpha value is 0.150. The van der Waals surface area contributed by atoms with E-state index in [1.807, 2.05) is 0 Å². The van der Waals surface area contributed by atoms with E-state index in [1.54, 1.807) is 0 Å². The van der Waals surface area contributed by atoms with Crippen LogP contribution in [0.15, 0.2) is 0 Å². The van der Waals surface area contributed by atoms with Gasteiger partial charge in [-0.2, -0.15) is 0 Å². The molecule has 0 amide bonds. The summed E-state index contributed by atoms with van der Waals surface area (Å²) < 4.78 is 12.4. The number of hydrogen-bond donors (Lipinski definition) is 0. The van der Waals surface area contributed by atoms with E-state index in [0.717, 1.165) is 12.2 Å². The summed E-state index contributed by atoms with van der Waals surface area (Å²) in [6, 6.07) is 0. The molecule has 1 aliphatic heterocycles. The molecule has 0 spiro atoms. The van der Waals surface area contributed by atoms with E-state index in [4.69, 9.17) is 0 Å². The maximum atomic E-state index is 12.4. The molecule has 2 heteroatoms. The van der Waals surface area contributed by atoms with E-state index in [-0.39, 0.29) is 5.41 Å². The normalized spacial score (nSPS) is 33.5. The summed E-state index contributed by atoms with van der Waals surface area (Å²) in [7, 11) is -0.641. The highest BCUT2D eigenvalue weighted by molar-refractivity contribution is 7.85. The molecule has 0 N–H and O–H groups in total. The van der Waals surface area contributed by atoms with Crippen LogP contribution in [-0.4, -0.2) is 15.2 Å². The fourth-order valence-corrected chi connectivity index (χ4v) is 5.10. The second-order valence-electron chi connectivity index (χ2n) is 7.40. The summed E-state index contributed by atoms with van der Waals surface area (Å²) >= 11 is 0. The van der Waals surface area contributed by atoms with Gasteiger partial charge >= 0.3 is 0 Å². The average molecular weight is 244 g/mol. The first-order chi connectivity index (χ1) is 7.12. The standard InChI is InChI=1S/C14H28OS/c1-13(2,3)11-8-7-9-12(14(4,5)6)16(15)10-11/h11-12H,7-10H2,1-6H3. The lowest BCUT2D eigenvalue weighted by Gasteiger charge is -2.31. The minimum atomic E-state index is -0.641. The van der Waals surface area contributed by atoms with Gasteiger partial charge in [0, 0.05) is 21.8 Å². The van der Waals surface area contributed by atoms with E-state index in [0.29, 0.717) is 16.6 Å². The second-order valence-corrected chi connectivity index (χ2v) is 9.06. The molecule has 0 saturated carbocycles. The Bertz CT molecular complexity index is 257. The predicted octanol–water partition coefficient (Wildman–Crippen LogP) is 4.00. The van der Waals surface area contributed by atoms with Gasteiger partial charge in [0.05, 0.1) is 0 Å². The smallest absolute Gasteiger partial charge is 0.0396 e. The highest BCUT2D eigenvalue weighted by Gasteiger charge is 2.36. The Morgan fingerprint density at radius 3 is 1.94 bits per heavy atom. The highest BCUT2D eigenvalue weighted by Crippen LogP contribution is 2.38. The molecule has 0 bridgehead atoms.